The molecule has 3 aliphatic heterocycles. The van der Waals surface area contributed by atoms with Gasteiger partial charge in [-0.2, -0.15) is 5.26 Å². The topological polar surface area (TPSA) is 126 Å². The smallest absolute Gasteiger partial charge is 0.412 e. The normalized spacial score (nSPS) is 21.1. The van der Waals surface area contributed by atoms with Gasteiger partial charge in [-0.15, -0.1) is 11.3 Å². The lowest BCUT2D eigenvalue weighted by molar-refractivity contribution is 0.0211. The summed E-state index contributed by atoms with van der Waals surface area (Å²) in [6, 6.07) is 2.39. The first-order chi connectivity index (χ1) is 21.9. The molecule has 14 heteroatoms. The molecule has 2 saturated heterocycles. The number of amides is 1. The van der Waals surface area contributed by atoms with Crippen molar-refractivity contribution in [1.82, 2.24) is 19.9 Å². The summed E-state index contributed by atoms with van der Waals surface area (Å²) < 4.78 is 49.5. The van der Waals surface area contributed by atoms with Crippen molar-refractivity contribution >= 4 is 49.4 Å². The van der Waals surface area contributed by atoms with Gasteiger partial charge in [0.2, 0.25) is 5.95 Å². The van der Waals surface area contributed by atoms with Crippen molar-refractivity contribution in [1.29, 1.82) is 5.26 Å². The van der Waals surface area contributed by atoms with Crippen molar-refractivity contribution in [2.75, 3.05) is 44.0 Å². The van der Waals surface area contributed by atoms with E-state index in [-0.39, 0.29) is 56.2 Å². The fourth-order valence-corrected chi connectivity index (χ4v) is 7.64. The van der Waals surface area contributed by atoms with Crippen LogP contribution in [0.4, 0.5) is 24.5 Å². The number of carbonyl (C=O) groups is 1. The number of halogens is 2. The summed E-state index contributed by atoms with van der Waals surface area (Å²) in [6.07, 6.45) is 3.53. The van der Waals surface area contributed by atoms with E-state index in [1.54, 1.807) is 27.0 Å². The molecule has 3 aliphatic rings. The molecule has 4 aromatic rings. The highest BCUT2D eigenvalue weighted by Gasteiger charge is 2.47. The van der Waals surface area contributed by atoms with Gasteiger partial charge in [-0.3, -0.25) is 10.3 Å². The van der Waals surface area contributed by atoms with Gasteiger partial charge in [0, 0.05) is 41.7 Å². The Morgan fingerprint density at radius 1 is 1.24 bits per heavy atom. The third-order valence-electron chi connectivity index (χ3n) is 8.84. The van der Waals surface area contributed by atoms with E-state index in [0.717, 1.165) is 30.4 Å². The van der Waals surface area contributed by atoms with Crippen molar-refractivity contribution < 1.29 is 27.8 Å². The molecule has 46 heavy (non-hydrogen) atoms. The second-order valence-corrected chi connectivity index (χ2v) is 14.3. The van der Waals surface area contributed by atoms with Crippen LogP contribution in [0.3, 0.4) is 0 Å². The van der Waals surface area contributed by atoms with Gasteiger partial charge in [0.15, 0.2) is 11.6 Å². The first-order valence-electron chi connectivity index (χ1n) is 15.0. The molecule has 2 fully saturated rings. The minimum atomic E-state index is -0.801. The summed E-state index contributed by atoms with van der Waals surface area (Å²) in [5, 5.41) is 13.4. The zero-order chi connectivity index (χ0) is 32.5. The summed E-state index contributed by atoms with van der Waals surface area (Å²) in [7, 11) is 4.10. The number of thiophene rings is 1. The zero-order valence-electron chi connectivity index (χ0n) is 26.2. The summed E-state index contributed by atoms with van der Waals surface area (Å²) in [5.74, 6) is -0.983. The van der Waals surface area contributed by atoms with E-state index < -0.39 is 23.3 Å². The first-order valence-corrected chi connectivity index (χ1v) is 15.8. The maximum atomic E-state index is 16.9. The fraction of sp³-hybridized carbons (Fsp3) is 0.469. The van der Waals surface area contributed by atoms with E-state index >= 15 is 8.78 Å². The Labute approximate surface area is 268 Å². The molecule has 240 valence electrons. The molecule has 1 amide bonds. The maximum Gasteiger partial charge on any atom is 0.412 e. The number of likely N-dealkylation sites (N-methyl/N-ethyl adjacent to an activating group) is 1. The molecule has 7 rings (SSSR count). The quantitative estimate of drug-likeness (QED) is 0.293. The Kier molecular flexibility index (Phi) is 7.35. The van der Waals surface area contributed by atoms with E-state index in [9.17, 15) is 10.1 Å². The molecule has 2 unspecified atom stereocenters. The SMILES string of the molecule is CN(C)C1COC2(CCN(c3ncc4c5c(c(-c6ncc(F)c7sc(NC(=O)OC(C)(C)C)c(C#N)c67)c(F)c4n3)COC5)C2)C1. The molecular formula is C32H33F2N7O4S. The minimum absolute atomic E-state index is 0.0432. The summed E-state index contributed by atoms with van der Waals surface area (Å²) in [4.78, 5) is 30.5. The van der Waals surface area contributed by atoms with Gasteiger partial charge in [0.1, 0.15) is 22.2 Å². The highest BCUT2D eigenvalue weighted by atomic mass is 32.1. The first kappa shape index (κ1) is 30.6. The molecule has 0 saturated carbocycles. The Morgan fingerprint density at radius 3 is 2.74 bits per heavy atom. The Balaban J connectivity index is 1.33. The average molecular weight is 650 g/mol. The second kappa shape index (κ2) is 11.0. The number of hydrogen-bond donors (Lipinski definition) is 1. The molecule has 0 radical (unpaired) electrons. The summed E-state index contributed by atoms with van der Waals surface area (Å²) >= 11 is 0.861. The number of nitriles is 1. The van der Waals surface area contributed by atoms with Crippen molar-refractivity contribution in [3.63, 3.8) is 0 Å². The third-order valence-corrected chi connectivity index (χ3v) is 9.95. The largest absolute Gasteiger partial charge is 0.444 e. The fourth-order valence-electron chi connectivity index (χ4n) is 6.61. The molecule has 1 aromatic carbocycles. The highest BCUT2D eigenvalue weighted by molar-refractivity contribution is 7.23. The van der Waals surface area contributed by atoms with Crippen LogP contribution in [0.1, 0.15) is 50.3 Å². The Morgan fingerprint density at radius 2 is 2.02 bits per heavy atom. The Bertz CT molecular complexity index is 1950. The molecule has 0 bridgehead atoms. The van der Waals surface area contributed by atoms with Crippen LogP contribution in [0, 0.1) is 23.0 Å². The van der Waals surface area contributed by atoms with Crippen molar-refractivity contribution in [2.45, 2.75) is 64.1 Å². The number of fused-ring (bicyclic) bond motifs is 4. The van der Waals surface area contributed by atoms with E-state index in [1.165, 1.54) is 0 Å². The lowest BCUT2D eigenvalue weighted by Gasteiger charge is -2.24. The van der Waals surface area contributed by atoms with Gasteiger partial charge in [0.25, 0.3) is 0 Å². The highest BCUT2D eigenvalue weighted by Crippen LogP contribution is 2.46. The van der Waals surface area contributed by atoms with Crippen molar-refractivity contribution in [3.05, 3.63) is 40.7 Å². The lowest BCUT2D eigenvalue weighted by atomic mass is 9.94. The van der Waals surface area contributed by atoms with E-state index in [1.807, 2.05) is 19.0 Å². The van der Waals surface area contributed by atoms with Gasteiger partial charge in [-0.1, -0.05) is 0 Å². The standard InChI is InChI=1S/C32H33F2N7O4S/c1-31(2,3)45-30(42)39-28-17(9-35)23-26(36-11-21(33)27(23)46-28)22-20-14-43-13-19(20)18-10-37-29(38-25(18)24(22)34)41-7-6-32(15-41)8-16(12-44-32)40(4)5/h10-11,16H,6-8,12-15H2,1-5H3,(H,39,42). The average Bonchev–Trinajstić information content (AvgIpc) is 3.80. The van der Waals surface area contributed by atoms with Crippen LogP contribution >= 0.6 is 11.3 Å². The maximum absolute atomic E-state index is 16.9. The van der Waals surface area contributed by atoms with E-state index in [4.69, 9.17) is 19.2 Å². The number of hydrogen-bond acceptors (Lipinski definition) is 11. The van der Waals surface area contributed by atoms with Crippen LogP contribution in [0.5, 0.6) is 0 Å². The molecule has 11 nitrogen and oxygen atoms in total. The molecular weight excluding hydrogens is 616 g/mol. The van der Waals surface area contributed by atoms with Crippen LogP contribution in [-0.2, 0) is 27.4 Å². The molecule has 3 aromatic heterocycles. The number of ether oxygens (including phenoxy) is 3. The van der Waals surface area contributed by atoms with Crippen LogP contribution < -0.4 is 10.2 Å². The van der Waals surface area contributed by atoms with Crippen LogP contribution in [-0.4, -0.2) is 77.0 Å². The van der Waals surface area contributed by atoms with Gasteiger partial charge >= 0.3 is 6.09 Å². The number of nitrogens with zero attached hydrogens (tertiary/aromatic N) is 6. The summed E-state index contributed by atoms with van der Waals surface area (Å²) in [5.41, 5.74) is 0.342. The molecule has 1 spiro atoms. The third kappa shape index (κ3) is 5.11. The van der Waals surface area contributed by atoms with Crippen LogP contribution in [0.2, 0.25) is 0 Å². The van der Waals surface area contributed by atoms with Crippen LogP contribution in [0.25, 0.3) is 32.2 Å². The molecule has 2 atom stereocenters. The number of aromatic nitrogens is 3. The number of rotatable bonds is 4. The van der Waals surface area contributed by atoms with Gasteiger partial charge < -0.3 is 24.0 Å². The number of nitrogens with one attached hydrogen (secondary N) is 1. The van der Waals surface area contributed by atoms with E-state index in [2.05, 4.69) is 26.3 Å². The predicted octanol–water partition coefficient (Wildman–Crippen LogP) is 5.73. The predicted molar refractivity (Wildman–Crippen MR) is 169 cm³/mol. The van der Waals surface area contributed by atoms with Crippen molar-refractivity contribution in [3.8, 4) is 17.3 Å². The summed E-state index contributed by atoms with van der Waals surface area (Å²) in [6.45, 7) is 7.33. The molecule has 6 heterocycles. The molecule has 0 aliphatic carbocycles. The lowest BCUT2D eigenvalue weighted by Crippen LogP contribution is -2.35. The van der Waals surface area contributed by atoms with Gasteiger partial charge in [-0.05, 0) is 58.8 Å². The number of pyridine rings is 1. The van der Waals surface area contributed by atoms with Gasteiger partial charge in [0.05, 0.1) is 47.6 Å². The molecule has 1 N–H and O–H groups in total. The monoisotopic (exact) mass is 649 g/mol. The minimum Gasteiger partial charge on any atom is -0.444 e. The number of benzene rings is 1. The second-order valence-electron chi connectivity index (χ2n) is 13.3. The number of carbonyl (C=O) groups excluding carboxylic acids is 1. The zero-order valence-corrected chi connectivity index (χ0v) is 27.0. The number of anilines is 2. The van der Waals surface area contributed by atoms with Gasteiger partial charge in [-0.25, -0.2) is 23.5 Å². The van der Waals surface area contributed by atoms with E-state index in [0.29, 0.717) is 48.2 Å². The van der Waals surface area contributed by atoms with Crippen LogP contribution in [0.15, 0.2) is 12.4 Å². The Hall–Kier alpha value is -4.03. The van der Waals surface area contributed by atoms with Crippen molar-refractivity contribution in [2.24, 2.45) is 0 Å².